The monoisotopic (exact) mass is 192 g/mol. The van der Waals surface area contributed by atoms with Gasteiger partial charge in [-0.15, -0.1) is 0 Å². The third-order valence-corrected chi connectivity index (χ3v) is 1.82. The fraction of sp³-hybridized carbons (Fsp3) is 1.00. The first-order valence-electron chi connectivity index (χ1n) is 4.56. The van der Waals surface area contributed by atoms with Gasteiger partial charge in [0.1, 0.15) is 5.67 Å². The molecule has 0 aromatic heterocycles. The molecule has 80 valence electrons. The second kappa shape index (κ2) is 4.88. The normalized spacial score (nSPS) is 13.4. The summed E-state index contributed by atoms with van der Waals surface area (Å²) in [6.45, 7) is 6.05. The van der Waals surface area contributed by atoms with Crippen molar-refractivity contribution in [1.29, 1.82) is 0 Å². The maximum Gasteiger partial charge on any atom is 0.137 e. The SMILES string of the molecule is CC(C)(C)OCCC(F)(CN)CN. The summed E-state index contributed by atoms with van der Waals surface area (Å²) in [4.78, 5) is 0. The van der Waals surface area contributed by atoms with Crippen LogP contribution in [0.15, 0.2) is 0 Å². The van der Waals surface area contributed by atoms with Gasteiger partial charge < -0.3 is 16.2 Å². The van der Waals surface area contributed by atoms with Crippen molar-refractivity contribution in [2.75, 3.05) is 19.7 Å². The lowest BCUT2D eigenvalue weighted by atomic mass is 10.0. The van der Waals surface area contributed by atoms with Gasteiger partial charge >= 0.3 is 0 Å². The Labute approximate surface area is 79.6 Å². The Kier molecular flexibility index (Phi) is 4.81. The number of halogens is 1. The Morgan fingerprint density at radius 2 is 1.62 bits per heavy atom. The van der Waals surface area contributed by atoms with Crippen molar-refractivity contribution in [2.45, 2.75) is 38.5 Å². The predicted octanol–water partition coefficient (Wildman–Crippen LogP) is 0.817. The van der Waals surface area contributed by atoms with Gasteiger partial charge in [0.15, 0.2) is 0 Å². The fourth-order valence-electron chi connectivity index (χ4n) is 0.828. The van der Waals surface area contributed by atoms with Crippen LogP contribution in [0.2, 0.25) is 0 Å². The van der Waals surface area contributed by atoms with Crippen LogP contribution in [0, 0.1) is 0 Å². The summed E-state index contributed by atoms with van der Waals surface area (Å²) in [5, 5.41) is 0. The minimum Gasteiger partial charge on any atom is -0.376 e. The fourth-order valence-corrected chi connectivity index (χ4v) is 0.828. The van der Waals surface area contributed by atoms with E-state index in [-0.39, 0.29) is 25.1 Å². The Balaban J connectivity index is 3.74. The second-order valence-corrected chi connectivity index (χ2v) is 4.27. The van der Waals surface area contributed by atoms with Gasteiger partial charge in [0, 0.05) is 19.5 Å². The van der Waals surface area contributed by atoms with E-state index in [1.807, 2.05) is 20.8 Å². The minimum atomic E-state index is -1.47. The summed E-state index contributed by atoms with van der Waals surface area (Å²) in [5.74, 6) is 0. The van der Waals surface area contributed by atoms with E-state index >= 15 is 0 Å². The van der Waals surface area contributed by atoms with E-state index in [1.165, 1.54) is 0 Å². The van der Waals surface area contributed by atoms with E-state index < -0.39 is 5.67 Å². The molecule has 0 bridgehead atoms. The van der Waals surface area contributed by atoms with Gasteiger partial charge in [0.2, 0.25) is 0 Å². The minimum absolute atomic E-state index is 0.0446. The van der Waals surface area contributed by atoms with Gasteiger partial charge in [-0.05, 0) is 20.8 Å². The molecular weight excluding hydrogens is 171 g/mol. The second-order valence-electron chi connectivity index (χ2n) is 4.27. The quantitative estimate of drug-likeness (QED) is 0.678. The molecule has 0 radical (unpaired) electrons. The van der Waals surface area contributed by atoms with E-state index in [4.69, 9.17) is 16.2 Å². The highest BCUT2D eigenvalue weighted by molar-refractivity contribution is 4.81. The third kappa shape index (κ3) is 5.96. The molecule has 0 aromatic carbocycles. The molecule has 0 unspecified atom stereocenters. The molecule has 0 heterocycles. The van der Waals surface area contributed by atoms with E-state index in [9.17, 15) is 4.39 Å². The van der Waals surface area contributed by atoms with Crippen LogP contribution >= 0.6 is 0 Å². The van der Waals surface area contributed by atoms with Crippen LogP contribution in [-0.4, -0.2) is 31.0 Å². The molecule has 0 saturated carbocycles. The van der Waals surface area contributed by atoms with Gasteiger partial charge in [-0.1, -0.05) is 0 Å². The van der Waals surface area contributed by atoms with Gasteiger partial charge in [0.25, 0.3) is 0 Å². The molecule has 0 aliphatic rings. The highest BCUT2D eigenvalue weighted by atomic mass is 19.1. The average molecular weight is 192 g/mol. The van der Waals surface area contributed by atoms with Crippen molar-refractivity contribution in [2.24, 2.45) is 11.5 Å². The summed E-state index contributed by atoms with van der Waals surface area (Å²) < 4.78 is 18.9. The molecule has 0 aliphatic carbocycles. The summed E-state index contributed by atoms with van der Waals surface area (Å²) in [7, 11) is 0. The summed E-state index contributed by atoms with van der Waals surface area (Å²) in [5.41, 5.74) is 8.81. The molecule has 0 saturated heterocycles. The standard InChI is InChI=1S/C9H21FN2O/c1-8(2,3)13-5-4-9(10,6-11)7-12/h4-7,11-12H2,1-3H3. The lowest BCUT2D eigenvalue weighted by Crippen LogP contribution is -2.42. The number of hydrogen-bond donors (Lipinski definition) is 2. The van der Waals surface area contributed by atoms with Gasteiger partial charge in [-0.25, -0.2) is 4.39 Å². The topological polar surface area (TPSA) is 61.3 Å². The maximum absolute atomic E-state index is 13.5. The molecule has 0 spiro atoms. The zero-order chi connectivity index (χ0) is 10.5. The molecule has 13 heavy (non-hydrogen) atoms. The number of nitrogens with two attached hydrogens (primary N) is 2. The zero-order valence-electron chi connectivity index (χ0n) is 8.77. The largest absolute Gasteiger partial charge is 0.376 e. The molecule has 4 heteroatoms. The molecule has 0 aromatic rings. The summed E-state index contributed by atoms with van der Waals surface area (Å²) in [6.07, 6.45) is 0.261. The molecule has 3 nitrogen and oxygen atoms in total. The molecule has 0 aliphatic heterocycles. The molecule has 0 atom stereocenters. The van der Waals surface area contributed by atoms with Gasteiger partial charge in [0.05, 0.1) is 12.2 Å². The van der Waals surface area contributed by atoms with Crippen molar-refractivity contribution in [3.63, 3.8) is 0 Å². The lowest BCUT2D eigenvalue weighted by Gasteiger charge is -2.25. The Morgan fingerprint density at radius 1 is 1.15 bits per heavy atom. The van der Waals surface area contributed by atoms with Crippen LogP contribution in [0.3, 0.4) is 0 Å². The van der Waals surface area contributed by atoms with Crippen LogP contribution < -0.4 is 11.5 Å². The molecule has 0 fully saturated rings. The van der Waals surface area contributed by atoms with E-state index in [0.717, 1.165) is 0 Å². The van der Waals surface area contributed by atoms with Gasteiger partial charge in [-0.3, -0.25) is 0 Å². The van der Waals surface area contributed by atoms with Crippen molar-refractivity contribution in [1.82, 2.24) is 0 Å². The number of rotatable bonds is 5. The van der Waals surface area contributed by atoms with Crippen molar-refractivity contribution in [3.8, 4) is 0 Å². The van der Waals surface area contributed by atoms with E-state index in [2.05, 4.69) is 0 Å². The molecular formula is C9H21FN2O. The highest BCUT2D eigenvalue weighted by Crippen LogP contribution is 2.15. The van der Waals surface area contributed by atoms with Crippen LogP contribution in [0.4, 0.5) is 4.39 Å². The van der Waals surface area contributed by atoms with Crippen molar-refractivity contribution < 1.29 is 9.13 Å². The Morgan fingerprint density at radius 3 is 1.92 bits per heavy atom. The summed E-state index contributed by atoms with van der Waals surface area (Å²) >= 11 is 0. The Bertz CT molecular complexity index is 141. The van der Waals surface area contributed by atoms with Crippen LogP contribution in [0.5, 0.6) is 0 Å². The third-order valence-electron chi connectivity index (χ3n) is 1.82. The number of ether oxygens (including phenoxy) is 1. The van der Waals surface area contributed by atoms with Crippen molar-refractivity contribution >= 4 is 0 Å². The highest BCUT2D eigenvalue weighted by Gasteiger charge is 2.26. The van der Waals surface area contributed by atoms with Crippen LogP contribution in [-0.2, 0) is 4.74 Å². The zero-order valence-corrected chi connectivity index (χ0v) is 8.77. The number of alkyl halides is 1. The smallest absolute Gasteiger partial charge is 0.137 e. The first kappa shape index (κ1) is 12.8. The van der Waals surface area contributed by atoms with Crippen LogP contribution in [0.25, 0.3) is 0 Å². The predicted molar refractivity (Wildman–Crippen MR) is 52.3 cm³/mol. The molecule has 4 N–H and O–H groups in total. The van der Waals surface area contributed by atoms with Crippen molar-refractivity contribution in [3.05, 3.63) is 0 Å². The first-order chi connectivity index (χ1) is 5.83. The molecule has 0 amide bonds. The average Bonchev–Trinajstić information content (AvgIpc) is 2.02. The first-order valence-corrected chi connectivity index (χ1v) is 4.56. The number of hydrogen-bond acceptors (Lipinski definition) is 3. The lowest BCUT2D eigenvalue weighted by molar-refractivity contribution is -0.0219. The Hall–Kier alpha value is -0.190. The maximum atomic E-state index is 13.5. The van der Waals surface area contributed by atoms with Crippen LogP contribution in [0.1, 0.15) is 27.2 Å². The van der Waals surface area contributed by atoms with Gasteiger partial charge in [-0.2, -0.15) is 0 Å². The van der Waals surface area contributed by atoms with E-state index in [0.29, 0.717) is 6.61 Å². The molecule has 0 rings (SSSR count). The van der Waals surface area contributed by atoms with E-state index in [1.54, 1.807) is 0 Å². The summed E-state index contributed by atoms with van der Waals surface area (Å²) in [6, 6.07) is 0.